The summed E-state index contributed by atoms with van der Waals surface area (Å²) in [5.74, 6) is 0.988. The summed E-state index contributed by atoms with van der Waals surface area (Å²) in [4.78, 5) is 25.9. The fourth-order valence-electron chi connectivity index (χ4n) is 1.36. The van der Waals surface area contributed by atoms with Crippen LogP contribution in [0.4, 0.5) is 9.59 Å². The number of para-hydroxylation sites is 2. The van der Waals surface area contributed by atoms with Crippen LogP contribution in [0.2, 0.25) is 0 Å². The van der Waals surface area contributed by atoms with Crippen molar-refractivity contribution in [1.29, 1.82) is 0 Å². The Hall–Kier alpha value is -2.46. The molecule has 0 aliphatic carbocycles. The Balaban J connectivity index is 0.000000528. The maximum atomic E-state index is 11.1. The van der Waals surface area contributed by atoms with Gasteiger partial charge in [-0.05, 0) is 51.0 Å². The molecule has 0 heterocycles. The maximum absolute atomic E-state index is 11.1. The van der Waals surface area contributed by atoms with E-state index in [9.17, 15) is 14.1 Å². The highest BCUT2D eigenvalue weighted by Gasteiger charge is 2.26. The summed E-state index contributed by atoms with van der Waals surface area (Å²) in [7, 11) is 2.94. The first kappa shape index (κ1) is 25.5. The van der Waals surface area contributed by atoms with Crippen LogP contribution in [-0.2, 0) is 16.0 Å². The molecule has 1 atom stereocenters. The highest BCUT2D eigenvalue weighted by atomic mass is 32.2. The van der Waals surface area contributed by atoms with Crippen LogP contribution in [0.5, 0.6) is 11.5 Å². The van der Waals surface area contributed by atoms with E-state index in [1.54, 1.807) is 38.3 Å². The summed E-state index contributed by atoms with van der Waals surface area (Å²) in [5.41, 5.74) is 0. The van der Waals surface area contributed by atoms with Crippen LogP contribution >= 0.6 is 0 Å². The molecule has 10 heteroatoms. The van der Waals surface area contributed by atoms with Gasteiger partial charge >= 0.3 is 12.2 Å². The lowest BCUT2D eigenvalue weighted by molar-refractivity contribution is 0.153. The summed E-state index contributed by atoms with van der Waals surface area (Å²) in [6.45, 7) is 7.30. The van der Waals surface area contributed by atoms with Crippen LogP contribution in [0.3, 0.4) is 0 Å². The van der Waals surface area contributed by atoms with Gasteiger partial charge in [-0.25, -0.2) is 9.59 Å². The SMILES string of the molecule is CNC(=O)O/N=C/C(C)(C)[S+](C)[O-].CNC(=O)Oc1ccccc1OC(C)C. The zero-order chi connectivity index (χ0) is 21.7. The Labute approximate surface area is 169 Å². The predicted molar refractivity (Wildman–Crippen MR) is 109 cm³/mol. The van der Waals surface area contributed by atoms with Crippen molar-refractivity contribution < 1.29 is 28.5 Å². The van der Waals surface area contributed by atoms with Crippen molar-refractivity contribution in [3.63, 3.8) is 0 Å². The van der Waals surface area contributed by atoms with Gasteiger partial charge in [-0.1, -0.05) is 17.3 Å². The average molecular weight is 416 g/mol. The molecule has 0 saturated carbocycles. The third-order valence-electron chi connectivity index (χ3n) is 3.06. The first-order chi connectivity index (χ1) is 13.0. The second-order valence-electron chi connectivity index (χ2n) is 6.17. The van der Waals surface area contributed by atoms with Crippen LogP contribution in [0, 0.1) is 0 Å². The molecule has 1 rings (SSSR count). The molecule has 158 valence electrons. The lowest BCUT2D eigenvalue weighted by atomic mass is 10.2. The number of nitrogens with zero attached hydrogens (tertiary/aromatic N) is 1. The standard InChI is InChI=1S/C11H15NO3.C7H14N2O3S/c1-8(2)14-9-6-4-5-7-10(9)15-11(13)12-3;1-7(2,13(4)11)5-9-12-6(10)8-3/h4-8H,1-3H3,(H,12,13);5H,1-4H3,(H,8,10)/b;9-5+. The van der Waals surface area contributed by atoms with E-state index in [1.165, 1.54) is 20.3 Å². The molecule has 0 aliphatic rings. The number of nitrogens with one attached hydrogen (secondary N) is 2. The highest BCUT2D eigenvalue weighted by molar-refractivity contribution is 7.92. The second-order valence-corrected chi connectivity index (χ2v) is 8.13. The first-order valence-corrected chi connectivity index (χ1v) is 10.0. The van der Waals surface area contributed by atoms with Gasteiger partial charge in [-0.2, -0.15) is 0 Å². The Kier molecular flexibility index (Phi) is 11.7. The molecule has 1 unspecified atom stereocenters. The van der Waals surface area contributed by atoms with Crippen molar-refractivity contribution in [1.82, 2.24) is 10.6 Å². The molecule has 0 radical (unpaired) electrons. The Morgan fingerprint density at radius 3 is 2.14 bits per heavy atom. The molecule has 1 aromatic carbocycles. The number of benzene rings is 1. The van der Waals surface area contributed by atoms with E-state index in [1.807, 2.05) is 19.9 Å². The third kappa shape index (κ3) is 10.6. The molecule has 2 amide bonds. The number of rotatable bonds is 6. The van der Waals surface area contributed by atoms with Crippen molar-refractivity contribution in [3.8, 4) is 11.5 Å². The molecule has 0 bridgehead atoms. The Morgan fingerprint density at radius 1 is 1.14 bits per heavy atom. The van der Waals surface area contributed by atoms with E-state index in [0.717, 1.165) is 0 Å². The van der Waals surface area contributed by atoms with E-state index in [-0.39, 0.29) is 6.10 Å². The van der Waals surface area contributed by atoms with Gasteiger partial charge < -0.3 is 24.7 Å². The molecular formula is C18H29N3O6S. The number of ether oxygens (including phenoxy) is 2. The molecule has 28 heavy (non-hydrogen) atoms. The zero-order valence-electron chi connectivity index (χ0n) is 17.3. The van der Waals surface area contributed by atoms with Crippen molar-refractivity contribution in [2.75, 3.05) is 20.4 Å². The molecule has 1 aromatic rings. The van der Waals surface area contributed by atoms with Gasteiger partial charge in [0.25, 0.3) is 0 Å². The molecule has 0 fully saturated rings. The van der Waals surface area contributed by atoms with Gasteiger partial charge in [-0.3, -0.25) is 4.84 Å². The van der Waals surface area contributed by atoms with E-state index >= 15 is 0 Å². The Bertz CT molecular complexity index is 650. The van der Waals surface area contributed by atoms with Gasteiger partial charge in [0.1, 0.15) is 0 Å². The molecule has 0 spiro atoms. The first-order valence-electron chi connectivity index (χ1n) is 8.45. The van der Waals surface area contributed by atoms with Crippen molar-refractivity contribution in [2.24, 2.45) is 5.16 Å². The number of carbonyl (C=O) groups excluding carboxylic acids is 2. The van der Waals surface area contributed by atoms with Crippen LogP contribution in [-0.4, -0.2) is 54.2 Å². The molecule has 0 aliphatic heterocycles. The van der Waals surface area contributed by atoms with Crippen molar-refractivity contribution >= 4 is 29.6 Å². The lowest BCUT2D eigenvalue weighted by Gasteiger charge is -2.20. The minimum atomic E-state index is -1.05. The van der Waals surface area contributed by atoms with Crippen molar-refractivity contribution in [3.05, 3.63) is 24.3 Å². The number of amides is 2. The number of oxime groups is 1. The summed E-state index contributed by atoms with van der Waals surface area (Å²) in [6, 6.07) is 7.06. The van der Waals surface area contributed by atoms with Crippen molar-refractivity contribution in [2.45, 2.75) is 38.5 Å². The minimum Gasteiger partial charge on any atom is -0.616 e. The lowest BCUT2D eigenvalue weighted by Crippen LogP contribution is -2.32. The molecule has 2 N–H and O–H groups in total. The minimum absolute atomic E-state index is 0.0411. The zero-order valence-corrected chi connectivity index (χ0v) is 18.1. The molecule has 0 aromatic heterocycles. The second kappa shape index (κ2) is 12.8. The topological polar surface area (TPSA) is 121 Å². The van der Waals surface area contributed by atoms with Gasteiger partial charge in [-0.15, -0.1) is 0 Å². The van der Waals surface area contributed by atoms with Crippen LogP contribution in [0.1, 0.15) is 27.7 Å². The normalized spacial score (nSPS) is 11.9. The monoisotopic (exact) mass is 415 g/mol. The highest BCUT2D eigenvalue weighted by Crippen LogP contribution is 2.27. The van der Waals surface area contributed by atoms with Gasteiger partial charge in [0.2, 0.25) is 0 Å². The van der Waals surface area contributed by atoms with Crippen LogP contribution in [0.25, 0.3) is 0 Å². The smallest absolute Gasteiger partial charge is 0.433 e. The molecule has 0 saturated heterocycles. The molecular weight excluding hydrogens is 386 g/mol. The third-order valence-corrected chi connectivity index (χ3v) is 4.65. The summed E-state index contributed by atoms with van der Waals surface area (Å²) >= 11 is -1.05. The van der Waals surface area contributed by atoms with Crippen LogP contribution in [0.15, 0.2) is 29.4 Å². The van der Waals surface area contributed by atoms with E-state index in [2.05, 4.69) is 20.6 Å². The van der Waals surface area contributed by atoms with Gasteiger partial charge in [0.05, 0.1) is 18.6 Å². The summed E-state index contributed by atoms with van der Waals surface area (Å²) in [5, 5.41) is 8.01. The van der Waals surface area contributed by atoms with E-state index < -0.39 is 28.1 Å². The molecule has 9 nitrogen and oxygen atoms in total. The fraction of sp³-hybridized carbons (Fsp3) is 0.500. The quantitative estimate of drug-likeness (QED) is 0.319. The number of carbonyl (C=O) groups is 2. The predicted octanol–water partition coefficient (Wildman–Crippen LogP) is 2.68. The van der Waals surface area contributed by atoms with Gasteiger partial charge in [0.15, 0.2) is 16.2 Å². The summed E-state index contributed by atoms with van der Waals surface area (Å²) in [6.07, 6.45) is 1.80. The van der Waals surface area contributed by atoms with E-state index in [0.29, 0.717) is 11.5 Å². The fourth-order valence-corrected chi connectivity index (χ4v) is 1.55. The van der Waals surface area contributed by atoms with E-state index in [4.69, 9.17) is 9.47 Å². The van der Waals surface area contributed by atoms with Gasteiger partial charge in [0, 0.05) is 14.1 Å². The average Bonchev–Trinajstić information content (AvgIpc) is 2.62. The Morgan fingerprint density at radius 2 is 1.68 bits per heavy atom. The summed E-state index contributed by atoms with van der Waals surface area (Å²) < 4.78 is 21.0. The largest absolute Gasteiger partial charge is 0.616 e. The number of hydrogen-bond acceptors (Lipinski definition) is 7. The maximum Gasteiger partial charge on any atom is 0.433 e. The number of hydrogen-bond donors (Lipinski definition) is 2. The van der Waals surface area contributed by atoms with Crippen LogP contribution < -0.4 is 20.1 Å².